The monoisotopic (exact) mass is 260 g/mol. The number of aryl methyl sites for hydroxylation is 1. The molecule has 0 aliphatic rings. The van der Waals surface area contributed by atoms with Crippen LogP contribution in [0.1, 0.15) is 37.6 Å². The molecule has 0 spiro atoms. The molecule has 2 aromatic rings. The molecular weight excluding hydrogens is 240 g/mol. The predicted molar refractivity (Wildman–Crippen MR) is 73.9 cm³/mol. The van der Waals surface area contributed by atoms with Crippen LogP contribution in [0.25, 0.3) is 0 Å². The van der Waals surface area contributed by atoms with E-state index in [2.05, 4.69) is 16.5 Å². The quantitative estimate of drug-likeness (QED) is 0.868. The first-order valence-corrected chi connectivity index (χ1v) is 6.60. The number of aromatic nitrogens is 2. The number of imidazole rings is 1. The van der Waals surface area contributed by atoms with Crippen LogP contribution >= 0.6 is 0 Å². The van der Waals surface area contributed by atoms with Gasteiger partial charge in [-0.1, -0.05) is 19.1 Å². The summed E-state index contributed by atoms with van der Waals surface area (Å²) in [6, 6.07) is 7.51. The Labute approximate surface area is 113 Å². The molecule has 0 aliphatic carbocycles. The van der Waals surface area contributed by atoms with E-state index in [1.54, 1.807) is 6.92 Å². The Kier molecular flexibility index (Phi) is 4.58. The molecule has 4 heteroatoms. The molecular formula is C15H20N2O2. The molecule has 19 heavy (non-hydrogen) atoms. The number of aliphatic hydroxyl groups excluding tert-OH is 1. The van der Waals surface area contributed by atoms with Crippen LogP contribution in [0.15, 0.2) is 36.8 Å². The third-order valence-electron chi connectivity index (χ3n) is 3.01. The van der Waals surface area contributed by atoms with Crippen molar-refractivity contribution in [3.8, 4) is 5.75 Å². The maximum atomic E-state index is 9.44. The van der Waals surface area contributed by atoms with Crippen molar-refractivity contribution < 1.29 is 9.84 Å². The van der Waals surface area contributed by atoms with Crippen molar-refractivity contribution in [2.75, 3.05) is 0 Å². The van der Waals surface area contributed by atoms with Gasteiger partial charge in [-0.05, 0) is 31.0 Å². The second-order valence-corrected chi connectivity index (χ2v) is 4.61. The van der Waals surface area contributed by atoms with Gasteiger partial charge in [0.15, 0.2) is 0 Å². The summed E-state index contributed by atoms with van der Waals surface area (Å²) in [6.45, 7) is 5.35. The van der Waals surface area contributed by atoms with Crippen molar-refractivity contribution in [2.45, 2.75) is 39.5 Å². The zero-order valence-electron chi connectivity index (χ0n) is 11.4. The third-order valence-corrected chi connectivity index (χ3v) is 3.01. The molecule has 0 amide bonds. The second-order valence-electron chi connectivity index (χ2n) is 4.61. The van der Waals surface area contributed by atoms with Crippen LogP contribution in [0.3, 0.4) is 0 Å². The number of benzene rings is 1. The van der Waals surface area contributed by atoms with Crippen LogP contribution in [-0.2, 0) is 13.2 Å². The first kappa shape index (κ1) is 13.6. The van der Waals surface area contributed by atoms with E-state index in [0.29, 0.717) is 6.61 Å². The molecule has 1 N–H and O–H groups in total. The largest absolute Gasteiger partial charge is 0.487 e. The summed E-state index contributed by atoms with van der Waals surface area (Å²) in [5, 5.41) is 9.44. The topological polar surface area (TPSA) is 47.3 Å². The third kappa shape index (κ3) is 3.58. The van der Waals surface area contributed by atoms with E-state index < -0.39 is 6.10 Å². The summed E-state index contributed by atoms with van der Waals surface area (Å²) in [7, 11) is 0. The Morgan fingerprint density at radius 2 is 2.05 bits per heavy atom. The van der Waals surface area contributed by atoms with Crippen molar-refractivity contribution in [2.24, 2.45) is 0 Å². The van der Waals surface area contributed by atoms with Gasteiger partial charge >= 0.3 is 0 Å². The minimum atomic E-state index is -0.444. The Morgan fingerprint density at radius 1 is 1.32 bits per heavy atom. The van der Waals surface area contributed by atoms with Gasteiger partial charge in [-0.3, -0.25) is 0 Å². The van der Waals surface area contributed by atoms with Gasteiger partial charge < -0.3 is 14.4 Å². The lowest BCUT2D eigenvalue weighted by Crippen LogP contribution is -2.05. The van der Waals surface area contributed by atoms with Crippen LogP contribution in [-0.4, -0.2) is 14.7 Å². The van der Waals surface area contributed by atoms with Gasteiger partial charge in [0.05, 0.1) is 24.3 Å². The molecule has 0 radical (unpaired) electrons. The smallest absolute Gasteiger partial charge is 0.130 e. The van der Waals surface area contributed by atoms with E-state index in [1.165, 1.54) is 0 Å². The van der Waals surface area contributed by atoms with Crippen LogP contribution < -0.4 is 4.74 Å². The van der Waals surface area contributed by atoms with Gasteiger partial charge in [0, 0.05) is 6.54 Å². The zero-order chi connectivity index (χ0) is 13.7. The van der Waals surface area contributed by atoms with Gasteiger partial charge in [0.2, 0.25) is 0 Å². The summed E-state index contributed by atoms with van der Waals surface area (Å²) >= 11 is 0. The Balaban J connectivity index is 1.96. The standard InChI is InChI=1S/C15H20N2O2/c1-3-8-17-11-16-9-14(17)10-19-15-6-4-13(5-7-15)12(2)18/h4-7,9,11-12,18H,3,8,10H2,1-2H3/t12-/m1/s1. The van der Waals surface area contributed by atoms with Crippen molar-refractivity contribution in [3.05, 3.63) is 48.0 Å². The van der Waals surface area contributed by atoms with Crippen LogP contribution in [0, 0.1) is 0 Å². The molecule has 0 bridgehead atoms. The molecule has 1 heterocycles. The molecule has 4 nitrogen and oxygen atoms in total. The summed E-state index contributed by atoms with van der Waals surface area (Å²) in [5.74, 6) is 0.800. The molecule has 2 rings (SSSR count). The first-order chi connectivity index (χ1) is 9.20. The van der Waals surface area contributed by atoms with Crippen molar-refractivity contribution in [1.82, 2.24) is 9.55 Å². The minimum Gasteiger partial charge on any atom is -0.487 e. The minimum absolute atomic E-state index is 0.444. The highest BCUT2D eigenvalue weighted by Crippen LogP contribution is 2.18. The SMILES string of the molecule is CCCn1cncc1COc1ccc([C@@H](C)O)cc1. The first-order valence-electron chi connectivity index (χ1n) is 6.60. The molecule has 1 aromatic heterocycles. The molecule has 0 saturated carbocycles. The second kappa shape index (κ2) is 6.38. The molecule has 0 aliphatic heterocycles. The highest BCUT2D eigenvalue weighted by atomic mass is 16.5. The Morgan fingerprint density at radius 3 is 2.68 bits per heavy atom. The Hall–Kier alpha value is -1.81. The van der Waals surface area contributed by atoms with Crippen LogP contribution in [0.2, 0.25) is 0 Å². The predicted octanol–water partition coefficient (Wildman–Crippen LogP) is 2.93. The van der Waals surface area contributed by atoms with Crippen LogP contribution in [0.4, 0.5) is 0 Å². The van der Waals surface area contributed by atoms with Gasteiger partial charge in [-0.15, -0.1) is 0 Å². The van der Waals surface area contributed by atoms with E-state index in [1.807, 2.05) is 36.8 Å². The molecule has 1 atom stereocenters. The lowest BCUT2D eigenvalue weighted by molar-refractivity contribution is 0.199. The summed E-state index contributed by atoms with van der Waals surface area (Å²) in [5.41, 5.74) is 1.96. The Bertz CT molecular complexity index is 503. The number of aliphatic hydroxyl groups is 1. The average Bonchev–Trinajstić information content (AvgIpc) is 2.85. The number of hydrogen-bond donors (Lipinski definition) is 1. The van der Waals surface area contributed by atoms with Crippen molar-refractivity contribution in [1.29, 1.82) is 0 Å². The van der Waals surface area contributed by atoms with Crippen molar-refractivity contribution >= 4 is 0 Å². The highest BCUT2D eigenvalue weighted by Gasteiger charge is 2.04. The fourth-order valence-corrected chi connectivity index (χ4v) is 1.91. The zero-order valence-corrected chi connectivity index (χ0v) is 11.4. The van der Waals surface area contributed by atoms with E-state index in [4.69, 9.17) is 4.74 Å². The number of rotatable bonds is 6. The molecule has 0 unspecified atom stereocenters. The normalized spacial score (nSPS) is 12.4. The summed E-state index contributed by atoms with van der Waals surface area (Å²) in [4.78, 5) is 4.14. The van der Waals surface area contributed by atoms with Crippen molar-refractivity contribution in [3.63, 3.8) is 0 Å². The number of nitrogens with zero attached hydrogens (tertiary/aromatic N) is 2. The maximum absolute atomic E-state index is 9.44. The maximum Gasteiger partial charge on any atom is 0.130 e. The molecule has 102 valence electrons. The van der Waals surface area contributed by atoms with Gasteiger partial charge in [-0.25, -0.2) is 4.98 Å². The van der Waals surface area contributed by atoms with E-state index in [9.17, 15) is 5.11 Å². The van der Waals surface area contributed by atoms with E-state index in [0.717, 1.165) is 30.0 Å². The average molecular weight is 260 g/mol. The number of hydrogen-bond acceptors (Lipinski definition) is 3. The number of ether oxygens (including phenoxy) is 1. The fraction of sp³-hybridized carbons (Fsp3) is 0.400. The van der Waals surface area contributed by atoms with Gasteiger partial charge in [-0.2, -0.15) is 0 Å². The molecule has 0 fully saturated rings. The highest BCUT2D eigenvalue weighted by molar-refractivity contribution is 5.28. The van der Waals surface area contributed by atoms with Gasteiger partial charge in [0.1, 0.15) is 12.4 Å². The summed E-state index contributed by atoms with van der Waals surface area (Å²) in [6.07, 6.45) is 4.30. The lowest BCUT2D eigenvalue weighted by Gasteiger charge is -2.10. The molecule has 1 aromatic carbocycles. The van der Waals surface area contributed by atoms with E-state index >= 15 is 0 Å². The van der Waals surface area contributed by atoms with E-state index in [-0.39, 0.29) is 0 Å². The fourth-order valence-electron chi connectivity index (χ4n) is 1.91. The van der Waals surface area contributed by atoms with Gasteiger partial charge in [0.25, 0.3) is 0 Å². The van der Waals surface area contributed by atoms with Crippen LogP contribution in [0.5, 0.6) is 5.75 Å². The molecule has 0 saturated heterocycles. The summed E-state index contributed by atoms with van der Waals surface area (Å²) < 4.78 is 7.83. The lowest BCUT2D eigenvalue weighted by atomic mass is 10.1.